The molecule has 1 saturated heterocycles. The minimum Gasteiger partial charge on any atom is -0.481 e. The molecule has 1 aliphatic heterocycles. The first-order valence-corrected chi connectivity index (χ1v) is 8.44. The summed E-state index contributed by atoms with van der Waals surface area (Å²) in [4.78, 5) is 22.8. The van der Waals surface area contributed by atoms with Crippen LogP contribution in [0, 0.1) is 22.0 Å². The molecule has 0 aromatic heterocycles. The number of carboxylic acid groups (broad SMARTS) is 1. The number of rotatable bonds is 4. The van der Waals surface area contributed by atoms with Gasteiger partial charge in [-0.2, -0.15) is 0 Å². The number of primary sulfonamides is 1. The van der Waals surface area contributed by atoms with Crippen LogP contribution in [0.5, 0.6) is 0 Å². The van der Waals surface area contributed by atoms with E-state index in [1.807, 2.05) is 6.92 Å². The molecule has 2 atom stereocenters. The van der Waals surface area contributed by atoms with Crippen LogP contribution in [0.4, 0.5) is 11.4 Å². The highest BCUT2D eigenvalue weighted by Gasteiger charge is 2.35. The summed E-state index contributed by atoms with van der Waals surface area (Å²) >= 11 is 0. The number of benzene rings is 1. The molecule has 9 nitrogen and oxygen atoms in total. The van der Waals surface area contributed by atoms with Gasteiger partial charge in [-0.1, -0.05) is 13.0 Å². The summed E-state index contributed by atoms with van der Waals surface area (Å²) in [7, 11) is -4.27. The maximum Gasteiger partial charge on any atom is 0.312 e. The molecular formula is C13H17N3O6S. The second-order valence-electron chi connectivity index (χ2n) is 5.71. The second-order valence-corrected chi connectivity index (χ2v) is 7.24. The average molecular weight is 343 g/mol. The number of anilines is 1. The monoisotopic (exact) mass is 343 g/mol. The van der Waals surface area contributed by atoms with E-state index >= 15 is 0 Å². The number of hydrogen-bond acceptors (Lipinski definition) is 6. The maximum atomic E-state index is 11.6. The van der Waals surface area contributed by atoms with Crippen molar-refractivity contribution in [1.82, 2.24) is 0 Å². The molecule has 0 spiro atoms. The minimum absolute atomic E-state index is 0.00240. The average Bonchev–Trinajstić information content (AvgIpc) is 2.44. The SMILES string of the molecule is CC1CC(C(=O)O)CN(c2cccc(S(N)(=O)=O)c2[N+](=O)[O-])C1. The van der Waals surface area contributed by atoms with E-state index in [4.69, 9.17) is 5.14 Å². The molecule has 10 heteroatoms. The maximum absolute atomic E-state index is 11.6. The van der Waals surface area contributed by atoms with Gasteiger partial charge in [-0.05, 0) is 24.5 Å². The Labute approximate surface area is 132 Å². The van der Waals surface area contributed by atoms with Crippen LogP contribution in [0.2, 0.25) is 0 Å². The zero-order valence-electron chi connectivity index (χ0n) is 12.4. The van der Waals surface area contributed by atoms with Gasteiger partial charge in [0.25, 0.3) is 0 Å². The van der Waals surface area contributed by atoms with Gasteiger partial charge < -0.3 is 10.0 Å². The van der Waals surface area contributed by atoms with Crippen molar-refractivity contribution in [3.05, 3.63) is 28.3 Å². The van der Waals surface area contributed by atoms with Crippen LogP contribution in [0.15, 0.2) is 23.1 Å². The number of nitro groups is 1. The number of carbonyl (C=O) groups is 1. The molecule has 0 radical (unpaired) electrons. The lowest BCUT2D eigenvalue weighted by Crippen LogP contribution is -2.42. The van der Waals surface area contributed by atoms with E-state index in [2.05, 4.69) is 0 Å². The molecule has 1 aromatic carbocycles. The molecule has 2 rings (SSSR count). The summed E-state index contributed by atoms with van der Waals surface area (Å²) in [5.41, 5.74) is -0.549. The van der Waals surface area contributed by atoms with Crippen LogP contribution >= 0.6 is 0 Å². The molecule has 0 amide bonds. The predicted molar refractivity (Wildman–Crippen MR) is 81.6 cm³/mol. The van der Waals surface area contributed by atoms with Gasteiger partial charge in [0.1, 0.15) is 5.69 Å². The Morgan fingerprint density at radius 1 is 1.43 bits per heavy atom. The first-order valence-electron chi connectivity index (χ1n) is 6.89. The zero-order chi connectivity index (χ0) is 17.4. The van der Waals surface area contributed by atoms with Crippen molar-refractivity contribution >= 4 is 27.4 Å². The van der Waals surface area contributed by atoms with E-state index in [-0.39, 0.29) is 18.2 Å². The number of sulfonamides is 1. The van der Waals surface area contributed by atoms with Crippen molar-refractivity contribution in [2.24, 2.45) is 17.0 Å². The van der Waals surface area contributed by atoms with Crippen molar-refractivity contribution in [1.29, 1.82) is 0 Å². The highest BCUT2D eigenvalue weighted by Crippen LogP contribution is 2.37. The summed E-state index contributed by atoms with van der Waals surface area (Å²) in [5, 5.41) is 25.6. The van der Waals surface area contributed by atoms with Crippen molar-refractivity contribution in [2.45, 2.75) is 18.2 Å². The van der Waals surface area contributed by atoms with E-state index in [1.165, 1.54) is 12.1 Å². The molecule has 23 heavy (non-hydrogen) atoms. The summed E-state index contributed by atoms with van der Waals surface area (Å²) in [5.74, 6) is -1.65. The quantitative estimate of drug-likeness (QED) is 0.607. The Bertz CT molecular complexity index is 748. The highest BCUT2D eigenvalue weighted by molar-refractivity contribution is 7.89. The van der Waals surface area contributed by atoms with Gasteiger partial charge in [0.15, 0.2) is 4.90 Å². The lowest BCUT2D eigenvalue weighted by molar-refractivity contribution is -0.387. The van der Waals surface area contributed by atoms with Crippen molar-refractivity contribution in [2.75, 3.05) is 18.0 Å². The molecule has 0 aliphatic carbocycles. The smallest absolute Gasteiger partial charge is 0.312 e. The fourth-order valence-electron chi connectivity index (χ4n) is 2.91. The molecular weight excluding hydrogens is 326 g/mol. The van der Waals surface area contributed by atoms with Crippen LogP contribution < -0.4 is 10.0 Å². The normalized spacial score (nSPS) is 21.9. The van der Waals surface area contributed by atoms with Gasteiger partial charge in [-0.25, -0.2) is 13.6 Å². The molecule has 1 heterocycles. The summed E-state index contributed by atoms with van der Waals surface area (Å²) in [6.07, 6.45) is 0.467. The van der Waals surface area contributed by atoms with E-state index < -0.39 is 37.4 Å². The third-order valence-corrected chi connectivity index (χ3v) is 4.76. The van der Waals surface area contributed by atoms with E-state index in [0.29, 0.717) is 13.0 Å². The molecule has 0 bridgehead atoms. The van der Waals surface area contributed by atoms with Gasteiger partial charge in [-0.15, -0.1) is 0 Å². The Hall–Kier alpha value is -2.20. The number of piperidine rings is 1. The van der Waals surface area contributed by atoms with Crippen LogP contribution in [0.25, 0.3) is 0 Å². The third kappa shape index (κ3) is 3.59. The van der Waals surface area contributed by atoms with Gasteiger partial charge >= 0.3 is 11.7 Å². The Morgan fingerprint density at radius 3 is 2.61 bits per heavy atom. The highest BCUT2D eigenvalue weighted by atomic mass is 32.2. The largest absolute Gasteiger partial charge is 0.481 e. The summed E-state index contributed by atoms with van der Waals surface area (Å²) < 4.78 is 23.2. The number of hydrogen-bond donors (Lipinski definition) is 2. The van der Waals surface area contributed by atoms with E-state index in [9.17, 15) is 28.4 Å². The molecule has 1 aliphatic rings. The number of aliphatic carboxylic acids is 1. The minimum atomic E-state index is -4.27. The standard InChI is InChI=1S/C13H17N3O6S/c1-8-5-9(13(17)18)7-15(6-8)10-3-2-4-11(23(14,21)22)12(10)16(19)20/h2-4,8-9H,5-7H2,1H3,(H,17,18)(H2,14,21,22). The van der Waals surface area contributed by atoms with Gasteiger partial charge in [0.2, 0.25) is 10.0 Å². The lowest BCUT2D eigenvalue weighted by Gasteiger charge is -2.36. The van der Waals surface area contributed by atoms with Gasteiger partial charge in [0, 0.05) is 13.1 Å². The van der Waals surface area contributed by atoms with E-state index in [0.717, 1.165) is 6.07 Å². The lowest BCUT2D eigenvalue weighted by atomic mass is 9.90. The van der Waals surface area contributed by atoms with Gasteiger partial charge in [-0.3, -0.25) is 14.9 Å². The van der Waals surface area contributed by atoms with Gasteiger partial charge in [0.05, 0.1) is 10.8 Å². The Balaban J connectivity index is 2.55. The topological polar surface area (TPSA) is 144 Å². The fraction of sp³-hybridized carbons (Fsp3) is 0.462. The van der Waals surface area contributed by atoms with Crippen molar-refractivity contribution in [3.8, 4) is 0 Å². The van der Waals surface area contributed by atoms with Crippen LogP contribution in [-0.4, -0.2) is 37.5 Å². The van der Waals surface area contributed by atoms with Crippen LogP contribution in [0.3, 0.4) is 0 Å². The summed E-state index contributed by atoms with van der Waals surface area (Å²) in [6.45, 7) is 2.32. The number of nitrogens with two attached hydrogens (primary N) is 1. The zero-order valence-corrected chi connectivity index (χ0v) is 13.2. The fourth-order valence-corrected chi connectivity index (χ4v) is 3.62. The number of carboxylic acids is 1. The van der Waals surface area contributed by atoms with Crippen molar-refractivity contribution in [3.63, 3.8) is 0 Å². The molecule has 2 unspecified atom stereocenters. The first-order chi connectivity index (χ1) is 10.6. The Kier molecular flexibility index (Phi) is 4.57. The van der Waals surface area contributed by atoms with Crippen molar-refractivity contribution < 1.29 is 23.2 Å². The predicted octanol–water partition coefficient (Wildman–Crippen LogP) is 0.789. The number of nitro benzene ring substituents is 1. The van der Waals surface area contributed by atoms with E-state index in [1.54, 1.807) is 4.90 Å². The Morgan fingerprint density at radius 2 is 2.09 bits per heavy atom. The number of para-hydroxylation sites is 1. The summed E-state index contributed by atoms with van der Waals surface area (Å²) in [6, 6.07) is 3.83. The van der Waals surface area contributed by atoms with Crippen LogP contribution in [-0.2, 0) is 14.8 Å². The first kappa shape index (κ1) is 17.2. The number of nitrogens with zero attached hydrogens (tertiary/aromatic N) is 2. The molecule has 1 aromatic rings. The molecule has 0 saturated carbocycles. The molecule has 1 fully saturated rings. The second kappa shape index (κ2) is 6.13. The molecule has 3 N–H and O–H groups in total. The molecule has 126 valence electrons. The van der Waals surface area contributed by atoms with Crippen LogP contribution in [0.1, 0.15) is 13.3 Å². The third-order valence-electron chi connectivity index (χ3n) is 3.82.